The molecule has 0 fully saturated rings. The molecule has 0 aromatic heterocycles. The Hall–Kier alpha value is -3.06. The highest BCUT2D eigenvalue weighted by Crippen LogP contribution is 2.31. The van der Waals surface area contributed by atoms with Gasteiger partial charge in [0.1, 0.15) is 5.75 Å². The third-order valence-electron chi connectivity index (χ3n) is 5.46. The maximum Gasteiger partial charge on any atom is 0.253 e. The van der Waals surface area contributed by atoms with Crippen LogP contribution in [-0.4, -0.2) is 46.2 Å². The van der Waals surface area contributed by atoms with Crippen LogP contribution in [0, 0.1) is 0 Å². The van der Waals surface area contributed by atoms with Crippen molar-refractivity contribution in [2.45, 2.75) is 13.0 Å². The number of rotatable bonds is 5. The van der Waals surface area contributed by atoms with Gasteiger partial charge in [-0.05, 0) is 64.7 Å². The summed E-state index contributed by atoms with van der Waals surface area (Å²) in [5.41, 5.74) is 3.16. The lowest BCUT2D eigenvalue weighted by atomic mass is 10.1. The lowest BCUT2D eigenvalue weighted by molar-refractivity contribution is 0.0785. The van der Waals surface area contributed by atoms with Crippen LogP contribution in [0.15, 0.2) is 54.6 Å². The highest BCUT2D eigenvalue weighted by atomic mass is 32.2. The number of hydrogen-bond acceptors (Lipinski definition) is 4. The van der Waals surface area contributed by atoms with E-state index in [2.05, 4.69) is 6.07 Å². The van der Waals surface area contributed by atoms with Crippen molar-refractivity contribution < 1.29 is 17.9 Å². The van der Waals surface area contributed by atoms with Gasteiger partial charge in [0.05, 0.1) is 19.1 Å². The molecule has 0 bridgehead atoms. The second-order valence-electron chi connectivity index (χ2n) is 7.64. The summed E-state index contributed by atoms with van der Waals surface area (Å²) < 4.78 is 30.5. The summed E-state index contributed by atoms with van der Waals surface area (Å²) in [6.07, 6.45) is 1.82. The molecule has 1 aliphatic heterocycles. The van der Waals surface area contributed by atoms with Crippen LogP contribution in [0.25, 0.3) is 10.8 Å². The predicted molar refractivity (Wildman–Crippen MR) is 119 cm³/mol. The van der Waals surface area contributed by atoms with Gasteiger partial charge < -0.3 is 9.64 Å². The van der Waals surface area contributed by atoms with Crippen LogP contribution in [-0.2, 0) is 23.0 Å². The average molecular weight is 425 g/mol. The Bertz CT molecular complexity index is 1240. The third kappa shape index (κ3) is 3.85. The molecule has 6 nitrogen and oxygen atoms in total. The number of sulfonamides is 1. The Labute approximate surface area is 176 Å². The first kappa shape index (κ1) is 20.2. The van der Waals surface area contributed by atoms with E-state index in [4.69, 9.17) is 4.74 Å². The Morgan fingerprint density at radius 1 is 1.07 bits per heavy atom. The minimum absolute atomic E-state index is 0.0922. The molecule has 0 aliphatic carbocycles. The van der Waals surface area contributed by atoms with E-state index in [1.165, 1.54) is 10.6 Å². The zero-order chi connectivity index (χ0) is 21.5. The van der Waals surface area contributed by atoms with Gasteiger partial charge in [-0.2, -0.15) is 0 Å². The number of fused-ring (bicyclic) bond motifs is 2. The van der Waals surface area contributed by atoms with E-state index in [0.29, 0.717) is 30.8 Å². The monoisotopic (exact) mass is 424 g/mol. The summed E-state index contributed by atoms with van der Waals surface area (Å²) >= 11 is 0. The fourth-order valence-electron chi connectivity index (χ4n) is 3.91. The van der Waals surface area contributed by atoms with E-state index in [1.807, 2.05) is 36.4 Å². The van der Waals surface area contributed by atoms with Gasteiger partial charge in [-0.1, -0.05) is 18.2 Å². The first-order chi connectivity index (χ1) is 14.3. The smallest absolute Gasteiger partial charge is 0.253 e. The van der Waals surface area contributed by atoms with Gasteiger partial charge >= 0.3 is 0 Å². The molecule has 30 heavy (non-hydrogen) atoms. The van der Waals surface area contributed by atoms with Gasteiger partial charge in [-0.3, -0.25) is 9.10 Å². The SMILES string of the molecule is COc1ccc2cc(CN(C)C(=O)c3ccc4c(c3)CCN4S(C)(=O)=O)ccc2c1. The van der Waals surface area contributed by atoms with Crippen molar-refractivity contribution in [1.82, 2.24) is 4.90 Å². The van der Waals surface area contributed by atoms with Gasteiger partial charge in [0.2, 0.25) is 10.0 Å². The molecule has 0 unspecified atom stereocenters. The molecule has 0 spiro atoms. The molecule has 3 aromatic carbocycles. The van der Waals surface area contributed by atoms with E-state index < -0.39 is 10.0 Å². The first-order valence-corrected chi connectivity index (χ1v) is 11.5. The summed E-state index contributed by atoms with van der Waals surface area (Å²) in [6.45, 7) is 0.900. The van der Waals surface area contributed by atoms with E-state index in [-0.39, 0.29) is 5.91 Å². The number of hydrogen-bond donors (Lipinski definition) is 0. The molecular formula is C23H24N2O4S. The fourth-order valence-corrected chi connectivity index (χ4v) is 4.87. The van der Waals surface area contributed by atoms with Gasteiger partial charge in [0, 0.05) is 25.7 Å². The van der Waals surface area contributed by atoms with Gasteiger partial charge in [0.15, 0.2) is 0 Å². The second kappa shape index (κ2) is 7.65. The average Bonchev–Trinajstić information content (AvgIpc) is 3.16. The van der Waals surface area contributed by atoms with Crippen molar-refractivity contribution in [3.05, 3.63) is 71.3 Å². The Kier molecular flexibility index (Phi) is 5.15. The quantitative estimate of drug-likeness (QED) is 0.629. The van der Waals surface area contributed by atoms with Crippen LogP contribution in [0.5, 0.6) is 5.75 Å². The molecule has 4 rings (SSSR count). The van der Waals surface area contributed by atoms with Gasteiger partial charge in [-0.25, -0.2) is 8.42 Å². The van der Waals surface area contributed by atoms with Crippen molar-refractivity contribution >= 4 is 32.4 Å². The second-order valence-corrected chi connectivity index (χ2v) is 9.54. The zero-order valence-electron chi connectivity index (χ0n) is 17.3. The molecule has 0 saturated heterocycles. The van der Waals surface area contributed by atoms with Gasteiger partial charge in [-0.15, -0.1) is 0 Å². The molecule has 0 N–H and O–H groups in total. The maximum atomic E-state index is 13.0. The van der Waals surface area contributed by atoms with Crippen LogP contribution < -0.4 is 9.04 Å². The Balaban J connectivity index is 1.52. The number of methoxy groups -OCH3 is 1. The van der Waals surface area contributed by atoms with Crippen molar-refractivity contribution in [1.29, 1.82) is 0 Å². The number of nitrogens with zero attached hydrogens (tertiary/aromatic N) is 2. The van der Waals surface area contributed by atoms with Crippen molar-refractivity contribution in [3.63, 3.8) is 0 Å². The minimum atomic E-state index is -3.30. The number of anilines is 1. The van der Waals surface area contributed by atoms with Crippen LogP contribution >= 0.6 is 0 Å². The standard InChI is InChI=1S/C23H24N2O4S/c1-24(15-16-4-5-18-14-21(29-2)8-6-17(18)12-16)23(26)20-7-9-22-19(13-20)10-11-25(22)30(3,27)28/h4-9,12-14H,10-11,15H2,1-3H3. The molecule has 1 heterocycles. The Morgan fingerprint density at radius 3 is 2.53 bits per heavy atom. The molecule has 1 amide bonds. The third-order valence-corrected chi connectivity index (χ3v) is 6.64. The molecular weight excluding hydrogens is 400 g/mol. The number of amides is 1. The number of benzene rings is 3. The summed E-state index contributed by atoms with van der Waals surface area (Å²) in [5, 5.41) is 2.17. The van der Waals surface area contributed by atoms with E-state index in [1.54, 1.807) is 31.2 Å². The topological polar surface area (TPSA) is 66.9 Å². The minimum Gasteiger partial charge on any atom is -0.497 e. The molecule has 156 valence electrons. The van der Waals surface area contributed by atoms with Crippen molar-refractivity contribution in [3.8, 4) is 5.75 Å². The summed E-state index contributed by atoms with van der Waals surface area (Å²) in [5.74, 6) is 0.721. The van der Waals surface area contributed by atoms with Crippen LogP contribution in [0.2, 0.25) is 0 Å². The molecule has 7 heteroatoms. The van der Waals surface area contributed by atoms with Crippen molar-refractivity contribution in [2.24, 2.45) is 0 Å². The summed E-state index contributed by atoms with van der Waals surface area (Å²) in [4.78, 5) is 14.6. The predicted octanol–water partition coefficient (Wildman–Crippen LogP) is 3.44. The Morgan fingerprint density at radius 2 is 1.80 bits per heavy atom. The van der Waals surface area contributed by atoms with E-state index in [9.17, 15) is 13.2 Å². The van der Waals surface area contributed by atoms with E-state index >= 15 is 0 Å². The lowest BCUT2D eigenvalue weighted by Gasteiger charge is -2.19. The van der Waals surface area contributed by atoms with Crippen molar-refractivity contribution in [2.75, 3.05) is 31.3 Å². The van der Waals surface area contributed by atoms with Gasteiger partial charge in [0.25, 0.3) is 5.91 Å². The summed E-state index contributed by atoms with van der Waals surface area (Å²) in [7, 11) is 0.123. The highest BCUT2D eigenvalue weighted by molar-refractivity contribution is 7.92. The molecule has 0 saturated carbocycles. The first-order valence-electron chi connectivity index (χ1n) is 9.69. The molecule has 3 aromatic rings. The van der Waals surface area contributed by atoms with Crippen LogP contribution in [0.3, 0.4) is 0 Å². The van der Waals surface area contributed by atoms with Crippen LogP contribution in [0.1, 0.15) is 21.5 Å². The summed E-state index contributed by atoms with van der Waals surface area (Å²) in [6, 6.07) is 17.3. The molecule has 1 aliphatic rings. The highest BCUT2D eigenvalue weighted by Gasteiger charge is 2.27. The largest absolute Gasteiger partial charge is 0.497 e. The number of ether oxygens (including phenoxy) is 1. The number of carbonyl (C=O) groups excluding carboxylic acids is 1. The molecule has 0 radical (unpaired) electrons. The zero-order valence-corrected chi connectivity index (χ0v) is 18.1. The lowest BCUT2D eigenvalue weighted by Crippen LogP contribution is -2.27. The van der Waals surface area contributed by atoms with Crippen LogP contribution in [0.4, 0.5) is 5.69 Å². The molecule has 0 atom stereocenters. The normalized spacial score (nSPS) is 13.4. The fraction of sp³-hybridized carbons (Fsp3) is 0.261. The van der Waals surface area contributed by atoms with E-state index in [0.717, 1.165) is 27.6 Å². The maximum absolute atomic E-state index is 13.0. The number of carbonyl (C=O) groups is 1.